The molecule has 0 saturated carbocycles. The first-order valence-corrected chi connectivity index (χ1v) is 7.16. The summed E-state index contributed by atoms with van der Waals surface area (Å²) in [6, 6.07) is 11.4. The molecule has 0 atom stereocenters. The van der Waals surface area contributed by atoms with E-state index in [9.17, 15) is 0 Å². The lowest BCUT2D eigenvalue weighted by molar-refractivity contribution is 0.412. The number of benzene rings is 2. The maximum atomic E-state index is 5.98. The number of nitrogens with one attached hydrogen (secondary N) is 1. The van der Waals surface area contributed by atoms with Crippen molar-refractivity contribution in [2.75, 3.05) is 12.4 Å². The van der Waals surface area contributed by atoms with E-state index >= 15 is 0 Å². The van der Waals surface area contributed by atoms with Crippen molar-refractivity contribution in [1.82, 2.24) is 0 Å². The lowest BCUT2D eigenvalue weighted by atomic mass is 10.2. The molecule has 0 bridgehead atoms. The molecule has 1 N–H and O–H groups in total. The molecule has 0 aromatic heterocycles. The number of hydrogen-bond donors (Lipinski definition) is 1. The third-order valence-corrected chi connectivity index (χ3v) is 4.03. The van der Waals surface area contributed by atoms with Crippen molar-refractivity contribution in [3.8, 4) is 5.75 Å². The summed E-state index contributed by atoms with van der Waals surface area (Å²) in [4.78, 5) is 0. The molecule has 2 nitrogen and oxygen atoms in total. The molecule has 100 valence electrons. The van der Waals surface area contributed by atoms with Gasteiger partial charge in [-0.15, -0.1) is 0 Å². The molecule has 19 heavy (non-hydrogen) atoms. The second-order valence-corrected chi connectivity index (χ2v) is 5.62. The van der Waals surface area contributed by atoms with Crippen molar-refractivity contribution < 1.29 is 4.74 Å². The first-order valence-electron chi connectivity index (χ1n) is 5.61. The third-order valence-electron chi connectivity index (χ3n) is 2.63. The SMILES string of the molecule is COc1cc(NCc2ccc(Cl)c(Cl)c2)ccc1Br. The van der Waals surface area contributed by atoms with Gasteiger partial charge in [0.1, 0.15) is 5.75 Å². The minimum atomic E-state index is 0.564. The Morgan fingerprint density at radius 3 is 2.58 bits per heavy atom. The van der Waals surface area contributed by atoms with E-state index in [4.69, 9.17) is 27.9 Å². The summed E-state index contributed by atoms with van der Waals surface area (Å²) in [6.45, 7) is 0.668. The fourth-order valence-electron chi connectivity index (χ4n) is 1.62. The summed E-state index contributed by atoms with van der Waals surface area (Å²) >= 11 is 15.3. The van der Waals surface area contributed by atoms with E-state index in [0.717, 1.165) is 21.5 Å². The number of rotatable bonds is 4. The lowest BCUT2D eigenvalue weighted by Gasteiger charge is -2.10. The van der Waals surface area contributed by atoms with Gasteiger partial charge in [-0.2, -0.15) is 0 Å². The first-order chi connectivity index (χ1) is 9.10. The number of methoxy groups -OCH3 is 1. The van der Waals surface area contributed by atoms with Crippen LogP contribution >= 0.6 is 39.1 Å². The predicted octanol–water partition coefficient (Wildman–Crippen LogP) is 5.38. The molecule has 0 spiro atoms. The van der Waals surface area contributed by atoms with Crippen LogP contribution in [0.1, 0.15) is 5.56 Å². The molecular formula is C14H12BrCl2NO. The Morgan fingerprint density at radius 1 is 1.11 bits per heavy atom. The van der Waals surface area contributed by atoms with Gasteiger partial charge < -0.3 is 10.1 Å². The van der Waals surface area contributed by atoms with Crippen molar-refractivity contribution in [2.24, 2.45) is 0 Å². The maximum Gasteiger partial charge on any atom is 0.135 e. The van der Waals surface area contributed by atoms with Gasteiger partial charge in [0.05, 0.1) is 21.6 Å². The summed E-state index contributed by atoms with van der Waals surface area (Å²) in [6.07, 6.45) is 0. The highest BCUT2D eigenvalue weighted by atomic mass is 79.9. The Labute approximate surface area is 130 Å². The second-order valence-electron chi connectivity index (χ2n) is 3.95. The van der Waals surface area contributed by atoms with E-state index in [1.807, 2.05) is 30.3 Å². The summed E-state index contributed by atoms with van der Waals surface area (Å²) in [7, 11) is 1.64. The van der Waals surface area contributed by atoms with Gasteiger partial charge in [-0.3, -0.25) is 0 Å². The van der Waals surface area contributed by atoms with Crippen LogP contribution in [0.25, 0.3) is 0 Å². The van der Waals surface area contributed by atoms with Crippen LogP contribution in [0.3, 0.4) is 0 Å². The van der Waals surface area contributed by atoms with Crippen molar-refractivity contribution in [1.29, 1.82) is 0 Å². The van der Waals surface area contributed by atoms with E-state index in [1.165, 1.54) is 0 Å². The van der Waals surface area contributed by atoms with Crippen molar-refractivity contribution in [3.05, 3.63) is 56.5 Å². The van der Waals surface area contributed by atoms with E-state index in [0.29, 0.717) is 16.6 Å². The molecule has 2 aromatic rings. The minimum absolute atomic E-state index is 0.564. The van der Waals surface area contributed by atoms with Gasteiger partial charge >= 0.3 is 0 Å². The maximum absolute atomic E-state index is 5.98. The Balaban J connectivity index is 2.07. The van der Waals surface area contributed by atoms with E-state index in [2.05, 4.69) is 21.2 Å². The molecule has 0 saturated heterocycles. The highest BCUT2D eigenvalue weighted by Gasteiger charge is 2.03. The van der Waals surface area contributed by atoms with Gasteiger partial charge in [-0.25, -0.2) is 0 Å². The standard InChI is InChI=1S/C14H12BrCl2NO/c1-19-14-7-10(3-4-11(14)15)18-8-9-2-5-12(16)13(17)6-9/h2-7,18H,8H2,1H3. The van der Waals surface area contributed by atoms with Crippen LogP contribution in [0, 0.1) is 0 Å². The number of anilines is 1. The molecule has 0 aliphatic rings. The summed E-state index contributed by atoms with van der Waals surface area (Å²) in [5, 5.41) is 4.44. The number of ether oxygens (including phenoxy) is 1. The molecule has 0 heterocycles. The molecule has 0 unspecified atom stereocenters. The molecule has 0 radical (unpaired) electrons. The van der Waals surface area contributed by atoms with Crippen molar-refractivity contribution in [3.63, 3.8) is 0 Å². The fourth-order valence-corrected chi connectivity index (χ4v) is 2.35. The summed E-state index contributed by atoms with van der Waals surface area (Å²) < 4.78 is 6.17. The zero-order valence-electron chi connectivity index (χ0n) is 10.2. The van der Waals surface area contributed by atoms with Gasteiger partial charge in [0.2, 0.25) is 0 Å². The smallest absolute Gasteiger partial charge is 0.135 e. The number of hydrogen-bond acceptors (Lipinski definition) is 2. The Kier molecular flexibility index (Phi) is 4.97. The quantitative estimate of drug-likeness (QED) is 0.790. The van der Waals surface area contributed by atoms with Crippen molar-refractivity contribution >= 4 is 44.8 Å². The van der Waals surface area contributed by atoms with Gasteiger partial charge in [0.25, 0.3) is 0 Å². The highest BCUT2D eigenvalue weighted by Crippen LogP contribution is 2.28. The van der Waals surface area contributed by atoms with Crippen LogP contribution in [0.15, 0.2) is 40.9 Å². The van der Waals surface area contributed by atoms with Crippen LogP contribution < -0.4 is 10.1 Å². The Bertz CT molecular complexity index is 590. The summed E-state index contributed by atoms with van der Waals surface area (Å²) in [5.41, 5.74) is 2.04. The minimum Gasteiger partial charge on any atom is -0.495 e. The average Bonchev–Trinajstić information content (AvgIpc) is 2.41. The van der Waals surface area contributed by atoms with Gasteiger partial charge in [-0.1, -0.05) is 29.3 Å². The number of halogens is 3. The molecule has 0 fully saturated rings. The van der Waals surface area contributed by atoms with Gasteiger partial charge in [-0.05, 0) is 45.8 Å². The molecule has 0 amide bonds. The summed E-state index contributed by atoms with van der Waals surface area (Å²) in [5.74, 6) is 0.791. The van der Waals surface area contributed by atoms with Gasteiger partial charge in [0.15, 0.2) is 0 Å². The van der Waals surface area contributed by atoms with E-state index < -0.39 is 0 Å². The van der Waals surface area contributed by atoms with Crippen LogP contribution in [0.4, 0.5) is 5.69 Å². The third kappa shape index (κ3) is 3.78. The molecular weight excluding hydrogens is 349 g/mol. The Morgan fingerprint density at radius 2 is 1.89 bits per heavy atom. The second kappa shape index (κ2) is 6.51. The van der Waals surface area contributed by atoms with Crippen LogP contribution in [0.5, 0.6) is 5.75 Å². The Hall–Kier alpha value is -0.900. The molecule has 5 heteroatoms. The molecule has 2 rings (SSSR count). The van der Waals surface area contributed by atoms with Crippen LogP contribution in [0.2, 0.25) is 10.0 Å². The van der Waals surface area contributed by atoms with Gasteiger partial charge in [0, 0.05) is 18.3 Å². The normalized spacial score (nSPS) is 10.3. The zero-order valence-corrected chi connectivity index (χ0v) is 13.3. The molecule has 0 aliphatic heterocycles. The lowest BCUT2D eigenvalue weighted by Crippen LogP contribution is -1.99. The van der Waals surface area contributed by atoms with Crippen LogP contribution in [-0.4, -0.2) is 7.11 Å². The predicted molar refractivity (Wildman–Crippen MR) is 84.5 cm³/mol. The van der Waals surface area contributed by atoms with Crippen molar-refractivity contribution in [2.45, 2.75) is 6.54 Å². The van der Waals surface area contributed by atoms with E-state index in [1.54, 1.807) is 13.2 Å². The first kappa shape index (κ1) is 14.5. The monoisotopic (exact) mass is 359 g/mol. The van der Waals surface area contributed by atoms with E-state index in [-0.39, 0.29) is 0 Å². The average molecular weight is 361 g/mol. The largest absolute Gasteiger partial charge is 0.495 e. The van der Waals surface area contributed by atoms with Crippen LogP contribution in [-0.2, 0) is 6.54 Å². The zero-order chi connectivity index (χ0) is 13.8. The molecule has 2 aromatic carbocycles. The topological polar surface area (TPSA) is 21.3 Å². The highest BCUT2D eigenvalue weighted by molar-refractivity contribution is 9.10. The fraction of sp³-hybridized carbons (Fsp3) is 0.143. The molecule has 0 aliphatic carbocycles.